The van der Waals surface area contributed by atoms with Crippen molar-refractivity contribution in [2.75, 3.05) is 13.1 Å². The molecule has 2 N–H and O–H groups in total. The normalized spacial score (nSPS) is 30.7. The Bertz CT molecular complexity index is 211. The van der Waals surface area contributed by atoms with E-state index in [4.69, 9.17) is 5.73 Å². The van der Waals surface area contributed by atoms with E-state index in [0.29, 0.717) is 0 Å². The number of carbonyl (C=O) groups excluding carboxylic acids is 1. The van der Waals surface area contributed by atoms with Gasteiger partial charge in [0, 0.05) is 12.6 Å². The van der Waals surface area contributed by atoms with Gasteiger partial charge in [0.25, 0.3) is 0 Å². The molecular formula is C11H20N2O. The maximum Gasteiger partial charge on any atom is 0.221 e. The number of piperidine rings is 1. The highest BCUT2D eigenvalue weighted by Gasteiger charge is 2.29. The maximum atomic E-state index is 11.1. The van der Waals surface area contributed by atoms with Gasteiger partial charge >= 0.3 is 0 Å². The molecule has 0 radical (unpaired) electrons. The highest BCUT2D eigenvalue weighted by atomic mass is 16.1. The van der Waals surface area contributed by atoms with Gasteiger partial charge in [0.1, 0.15) is 0 Å². The fourth-order valence-electron chi connectivity index (χ4n) is 2.84. The van der Waals surface area contributed by atoms with E-state index in [0.717, 1.165) is 25.4 Å². The lowest BCUT2D eigenvalue weighted by atomic mass is 9.96. The largest absolute Gasteiger partial charge is 0.369 e. The second kappa shape index (κ2) is 4.30. The predicted octanol–water partition coefficient (Wildman–Crippen LogP) is 1.13. The standard InChI is InChI=1S/C11H20N2O/c12-11(14)9-4-3-7-13(8-9)10-5-1-2-6-10/h9-10H,1-8H2,(H2,12,14). The van der Waals surface area contributed by atoms with Crippen LogP contribution in [0.5, 0.6) is 0 Å². The van der Waals surface area contributed by atoms with Gasteiger partial charge in [-0.3, -0.25) is 9.69 Å². The minimum atomic E-state index is -0.104. The molecule has 3 nitrogen and oxygen atoms in total. The molecule has 0 aromatic heterocycles. The molecule has 80 valence electrons. The number of nitrogens with zero attached hydrogens (tertiary/aromatic N) is 1. The van der Waals surface area contributed by atoms with Gasteiger partial charge in [-0.05, 0) is 32.2 Å². The van der Waals surface area contributed by atoms with Gasteiger partial charge in [-0.1, -0.05) is 12.8 Å². The van der Waals surface area contributed by atoms with Gasteiger partial charge < -0.3 is 5.73 Å². The second-order valence-electron chi connectivity index (χ2n) is 4.67. The minimum absolute atomic E-state index is 0.104. The van der Waals surface area contributed by atoms with Crippen LogP contribution in [0.3, 0.4) is 0 Å². The monoisotopic (exact) mass is 196 g/mol. The van der Waals surface area contributed by atoms with Crippen LogP contribution in [0, 0.1) is 5.92 Å². The third kappa shape index (κ3) is 2.08. The Kier molecular flexibility index (Phi) is 3.06. The van der Waals surface area contributed by atoms with Crippen molar-refractivity contribution in [3.63, 3.8) is 0 Å². The van der Waals surface area contributed by atoms with Gasteiger partial charge in [0.05, 0.1) is 5.92 Å². The first-order chi connectivity index (χ1) is 6.77. The van der Waals surface area contributed by atoms with E-state index < -0.39 is 0 Å². The molecule has 3 heteroatoms. The molecule has 0 spiro atoms. The molecule has 2 aliphatic rings. The lowest BCUT2D eigenvalue weighted by molar-refractivity contribution is -0.123. The molecule has 1 aliphatic heterocycles. The molecule has 1 amide bonds. The quantitative estimate of drug-likeness (QED) is 0.719. The number of hydrogen-bond acceptors (Lipinski definition) is 2. The maximum absolute atomic E-state index is 11.1. The number of carbonyl (C=O) groups is 1. The molecule has 1 saturated heterocycles. The fourth-order valence-corrected chi connectivity index (χ4v) is 2.84. The van der Waals surface area contributed by atoms with E-state index in [1.165, 1.54) is 32.2 Å². The van der Waals surface area contributed by atoms with Crippen LogP contribution >= 0.6 is 0 Å². The van der Waals surface area contributed by atoms with Crippen LogP contribution in [0.15, 0.2) is 0 Å². The second-order valence-corrected chi connectivity index (χ2v) is 4.67. The molecule has 1 aliphatic carbocycles. The Hall–Kier alpha value is -0.570. The Morgan fingerprint density at radius 3 is 2.50 bits per heavy atom. The number of amides is 1. The van der Waals surface area contributed by atoms with Crippen LogP contribution in [-0.2, 0) is 4.79 Å². The number of hydrogen-bond donors (Lipinski definition) is 1. The Balaban J connectivity index is 1.89. The molecule has 0 aromatic rings. The lowest BCUT2D eigenvalue weighted by Gasteiger charge is -2.35. The molecule has 1 atom stereocenters. The van der Waals surface area contributed by atoms with Gasteiger partial charge in [-0.25, -0.2) is 0 Å². The van der Waals surface area contributed by atoms with E-state index in [1.807, 2.05) is 0 Å². The summed E-state index contributed by atoms with van der Waals surface area (Å²) in [7, 11) is 0. The molecule has 14 heavy (non-hydrogen) atoms. The van der Waals surface area contributed by atoms with Crippen LogP contribution < -0.4 is 5.73 Å². The summed E-state index contributed by atoms with van der Waals surface area (Å²) < 4.78 is 0. The van der Waals surface area contributed by atoms with Crippen LogP contribution in [0.1, 0.15) is 38.5 Å². The zero-order valence-corrected chi connectivity index (χ0v) is 8.74. The topological polar surface area (TPSA) is 46.3 Å². The number of primary amides is 1. The van der Waals surface area contributed by atoms with Crippen LogP contribution in [0.2, 0.25) is 0 Å². The van der Waals surface area contributed by atoms with E-state index >= 15 is 0 Å². The first kappa shape index (κ1) is 9.97. The zero-order chi connectivity index (χ0) is 9.97. The zero-order valence-electron chi connectivity index (χ0n) is 8.74. The molecule has 0 bridgehead atoms. The van der Waals surface area contributed by atoms with Crippen molar-refractivity contribution in [2.24, 2.45) is 11.7 Å². The third-order valence-corrected chi connectivity index (χ3v) is 3.70. The van der Waals surface area contributed by atoms with E-state index in [9.17, 15) is 4.79 Å². The van der Waals surface area contributed by atoms with Crippen LogP contribution in [0.25, 0.3) is 0 Å². The average Bonchev–Trinajstić information content (AvgIpc) is 2.71. The summed E-state index contributed by atoms with van der Waals surface area (Å²) in [5.74, 6) is 0.0112. The van der Waals surface area contributed by atoms with Crippen molar-refractivity contribution in [1.82, 2.24) is 4.90 Å². The molecule has 1 saturated carbocycles. The third-order valence-electron chi connectivity index (χ3n) is 3.70. The molecule has 2 fully saturated rings. The molecule has 2 rings (SSSR count). The van der Waals surface area contributed by atoms with Crippen molar-refractivity contribution in [2.45, 2.75) is 44.6 Å². The minimum Gasteiger partial charge on any atom is -0.369 e. The van der Waals surface area contributed by atoms with Crippen molar-refractivity contribution >= 4 is 5.91 Å². The number of nitrogens with two attached hydrogens (primary N) is 1. The van der Waals surface area contributed by atoms with E-state index in [2.05, 4.69) is 4.90 Å². The highest BCUT2D eigenvalue weighted by Crippen LogP contribution is 2.27. The van der Waals surface area contributed by atoms with Gasteiger partial charge in [-0.2, -0.15) is 0 Å². The summed E-state index contributed by atoms with van der Waals surface area (Å²) in [6.45, 7) is 2.09. The Labute approximate surface area is 85.6 Å². The van der Waals surface area contributed by atoms with Gasteiger partial charge in [0.15, 0.2) is 0 Å². The average molecular weight is 196 g/mol. The summed E-state index contributed by atoms with van der Waals surface area (Å²) in [5, 5.41) is 0. The SMILES string of the molecule is NC(=O)C1CCCN(C2CCCC2)C1. The van der Waals surface area contributed by atoms with Crippen molar-refractivity contribution in [3.8, 4) is 0 Å². The number of likely N-dealkylation sites (tertiary alicyclic amines) is 1. The smallest absolute Gasteiger partial charge is 0.221 e. The van der Waals surface area contributed by atoms with Gasteiger partial charge in [0.2, 0.25) is 5.91 Å². The summed E-state index contributed by atoms with van der Waals surface area (Å²) >= 11 is 0. The Morgan fingerprint density at radius 1 is 1.14 bits per heavy atom. The van der Waals surface area contributed by atoms with Crippen LogP contribution in [0.4, 0.5) is 0 Å². The number of rotatable bonds is 2. The molecule has 1 heterocycles. The fraction of sp³-hybridized carbons (Fsp3) is 0.909. The lowest BCUT2D eigenvalue weighted by Crippen LogP contribution is -2.45. The van der Waals surface area contributed by atoms with E-state index in [-0.39, 0.29) is 11.8 Å². The summed E-state index contributed by atoms with van der Waals surface area (Å²) in [5.41, 5.74) is 5.36. The molecule has 0 aromatic carbocycles. The summed E-state index contributed by atoms with van der Waals surface area (Å²) in [6, 6.07) is 0.747. The van der Waals surface area contributed by atoms with Crippen molar-refractivity contribution in [3.05, 3.63) is 0 Å². The first-order valence-electron chi connectivity index (χ1n) is 5.81. The van der Waals surface area contributed by atoms with E-state index in [1.54, 1.807) is 0 Å². The first-order valence-corrected chi connectivity index (χ1v) is 5.81. The van der Waals surface area contributed by atoms with Crippen molar-refractivity contribution in [1.29, 1.82) is 0 Å². The predicted molar refractivity (Wildman–Crippen MR) is 55.7 cm³/mol. The summed E-state index contributed by atoms with van der Waals surface area (Å²) in [6.07, 6.45) is 7.52. The molecule has 1 unspecified atom stereocenters. The molecular weight excluding hydrogens is 176 g/mol. The summed E-state index contributed by atoms with van der Waals surface area (Å²) in [4.78, 5) is 13.6. The highest BCUT2D eigenvalue weighted by molar-refractivity contribution is 5.76. The Morgan fingerprint density at radius 2 is 1.86 bits per heavy atom. The van der Waals surface area contributed by atoms with Crippen LogP contribution in [-0.4, -0.2) is 29.9 Å². The van der Waals surface area contributed by atoms with Gasteiger partial charge in [-0.15, -0.1) is 0 Å². The van der Waals surface area contributed by atoms with Crippen molar-refractivity contribution < 1.29 is 4.79 Å².